The van der Waals surface area contributed by atoms with Crippen molar-refractivity contribution in [3.8, 4) is 0 Å². The third kappa shape index (κ3) is 1.70. The maximum atomic E-state index is 12.6. The molecule has 2 aliphatic rings. The lowest BCUT2D eigenvalue weighted by atomic mass is 10.2. The topological polar surface area (TPSA) is 61.0 Å². The number of piperazine rings is 1. The molecule has 2 fully saturated rings. The molecule has 3 heterocycles. The average molecular weight is 321 g/mol. The average Bonchev–Trinajstić information content (AvgIpc) is 3.11. The minimum absolute atomic E-state index is 0.0440. The number of fused-ring (bicyclic) bond motifs is 3. The molecule has 2 bridgehead atoms. The van der Waals surface area contributed by atoms with E-state index < -0.39 is 0 Å². The van der Waals surface area contributed by atoms with Crippen LogP contribution in [0.5, 0.6) is 0 Å². The predicted octanol–water partition coefficient (Wildman–Crippen LogP) is 1.51. The first-order valence-corrected chi connectivity index (χ1v) is 7.19. The van der Waals surface area contributed by atoms with Gasteiger partial charge in [0.1, 0.15) is 0 Å². The summed E-state index contributed by atoms with van der Waals surface area (Å²) in [5.41, 5.74) is 1.43. The quantitative estimate of drug-likeness (QED) is 0.837. The Labute approximate surface area is 118 Å². The van der Waals surface area contributed by atoms with Gasteiger partial charge in [0.25, 0.3) is 5.91 Å². The van der Waals surface area contributed by atoms with Gasteiger partial charge in [0, 0.05) is 35.0 Å². The lowest BCUT2D eigenvalue weighted by Crippen LogP contribution is -2.46. The molecule has 2 N–H and O–H groups in total. The largest absolute Gasteiger partial charge is 0.331 e. The molecule has 5 nitrogen and oxygen atoms in total. The standard InChI is InChI=1S/C13H13BrN4O/c14-7-1-2-10-11(3-7)16-17-12(10)13(19)18-6-8-4-9(18)5-15-8/h1-3,8-9,15H,4-6H2,(H,16,17)/t8-,9-/m0/s1. The number of carbonyl (C=O) groups excluding carboxylic acids is 1. The number of hydrogen-bond acceptors (Lipinski definition) is 3. The number of H-pyrrole nitrogens is 1. The van der Waals surface area contributed by atoms with Gasteiger partial charge in [0.15, 0.2) is 5.69 Å². The van der Waals surface area contributed by atoms with Crippen molar-refractivity contribution in [3.63, 3.8) is 0 Å². The highest BCUT2D eigenvalue weighted by atomic mass is 79.9. The fourth-order valence-corrected chi connectivity index (χ4v) is 3.46. The number of aromatic nitrogens is 2. The van der Waals surface area contributed by atoms with Crippen LogP contribution in [0.1, 0.15) is 16.9 Å². The van der Waals surface area contributed by atoms with E-state index in [1.807, 2.05) is 23.1 Å². The second kappa shape index (κ2) is 4.05. The normalized spacial score (nSPS) is 25.4. The van der Waals surface area contributed by atoms with Crippen LogP contribution >= 0.6 is 15.9 Å². The van der Waals surface area contributed by atoms with Gasteiger partial charge in [-0.2, -0.15) is 5.10 Å². The molecule has 4 rings (SSSR count). The Balaban J connectivity index is 1.72. The first kappa shape index (κ1) is 11.4. The van der Waals surface area contributed by atoms with Crippen molar-refractivity contribution in [1.29, 1.82) is 0 Å². The van der Waals surface area contributed by atoms with Crippen molar-refractivity contribution in [2.24, 2.45) is 0 Å². The first-order valence-electron chi connectivity index (χ1n) is 6.40. The smallest absolute Gasteiger partial charge is 0.275 e. The van der Waals surface area contributed by atoms with Crippen molar-refractivity contribution in [1.82, 2.24) is 20.4 Å². The predicted molar refractivity (Wildman–Crippen MR) is 75.0 cm³/mol. The molecule has 0 radical (unpaired) electrons. The second-order valence-electron chi connectivity index (χ2n) is 5.21. The molecule has 1 aromatic heterocycles. The fourth-order valence-electron chi connectivity index (χ4n) is 3.10. The van der Waals surface area contributed by atoms with E-state index in [-0.39, 0.29) is 5.91 Å². The van der Waals surface area contributed by atoms with E-state index in [0.717, 1.165) is 34.9 Å². The van der Waals surface area contributed by atoms with Gasteiger partial charge in [0.05, 0.1) is 5.52 Å². The zero-order chi connectivity index (χ0) is 13.0. The summed E-state index contributed by atoms with van der Waals surface area (Å²) in [4.78, 5) is 14.6. The van der Waals surface area contributed by atoms with E-state index in [4.69, 9.17) is 0 Å². The maximum absolute atomic E-state index is 12.6. The third-order valence-electron chi connectivity index (χ3n) is 4.04. The molecule has 2 aromatic rings. The van der Waals surface area contributed by atoms with Crippen LogP contribution in [0.4, 0.5) is 0 Å². The Kier molecular flexibility index (Phi) is 2.43. The highest BCUT2D eigenvalue weighted by Gasteiger charge is 2.41. The molecule has 0 saturated carbocycles. The van der Waals surface area contributed by atoms with Crippen molar-refractivity contribution in [2.45, 2.75) is 18.5 Å². The third-order valence-corrected chi connectivity index (χ3v) is 4.54. The molecule has 1 amide bonds. The number of rotatable bonds is 1. The van der Waals surface area contributed by atoms with Gasteiger partial charge < -0.3 is 10.2 Å². The molecule has 98 valence electrons. The fraction of sp³-hybridized carbons (Fsp3) is 0.385. The summed E-state index contributed by atoms with van der Waals surface area (Å²) in [6.07, 6.45) is 1.07. The van der Waals surface area contributed by atoms with Crippen LogP contribution in [0.2, 0.25) is 0 Å². The van der Waals surface area contributed by atoms with E-state index in [9.17, 15) is 4.79 Å². The molecular weight excluding hydrogens is 308 g/mol. The summed E-state index contributed by atoms with van der Waals surface area (Å²) < 4.78 is 0.979. The maximum Gasteiger partial charge on any atom is 0.275 e. The number of aromatic amines is 1. The van der Waals surface area contributed by atoms with Crippen LogP contribution < -0.4 is 5.32 Å². The molecule has 1 aromatic carbocycles. The van der Waals surface area contributed by atoms with Crippen LogP contribution in [-0.4, -0.2) is 46.2 Å². The lowest BCUT2D eigenvalue weighted by molar-refractivity contribution is 0.0712. The summed E-state index contributed by atoms with van der Waals surface area (Å²) >= 11 is 3.42. The minimum Gasteiger partial charge on any atom is -0.331 e. The van der Waals surface area contributed by atoms with E-state index in [2.05, 4.69) is 31.4 Å². The Bertz CT molecular complexity index is 668. The Morgan fingerprint density at radius 2 is 2.37 bits per heavy atom. The molecule has 2 saturated heterocycles. The number of nitrogens with zero attached hydrogens (tertiary/aromatic N) is 2. The zero-order valence-corrected chi connectivity index (χ0v) is 11.8. The number of carbonyl (C=O) groups is 1. The second-order valence-corrected chi connectivity index (χ2v) is 6.13. The lowest BCUT2D eigenvalue weighted by Gasteiger charge is -2.26. The molecule has 0 spiro atoms. The monoisotopic (exact) mass is 320 g/mol. The summed E-state index contributed by atoms with van der Waals surface area (Å²) in [7, 11) is 0. The van der Waals surface area contributed by atoms with Gasteiger partial charge in [-0.3, -0.25) is 9.89 Å². The highest BCUT2D eigenvalue weighted by Crippen LogP contribution is 2.27. The van der Waals surface area contributed by atoms with Crippen LogP contribution in [0.25, 0.3) is 10.9 Å². The number of benzene rings is 1. The Hall–Kier alpha value is -1.40. The van der Waals surface area contributed by atoms with Crippen molar-refractivity contribution < 1.29 is 4.79 Å². The van der Waals surface area contributed by atoms with Crippen molar-refractivity contribution >= 4 is 32.7 Å². The first-order chi connectivity index (χ1) is 9.22. The van der Waals surface area contributed by atoms with Crippen LogP contribution in [0, 0.1) is 0 Å². The summed E-state index contributed by atoms with van der Waals surface area (Å²) in [5, 5.41) is 11.4. The zero-order valence-electron chi connectivity index (χ0n) is 10.2. The number of likely N-dealkylation sites (tertiary alicyclic amines) is 1. The molecule has 0 aliphatic carbocycles. The van der Waals surface area contributed by atoms with Gasteiger partial charge in [-0.25, -0.2) is 0 Å². The molecule has 19 heavy (non-hydrogen) atoms. The summed E-state index contributed by atoms with van der Waals surface area (Å²) in [6.45, 7) is 1.71. The SMILES string of the molecule is O=C(c1n[nH]c2cc(Br)ccc12)N1C[C@@H]2C[C@H]1CN2. The van der Waals surface area contributed by atoms with E-state index in [0.29, 0.717) is 17.8 Å². The molecule has 2 aliphatic heterocycles. The molecular formula is C13H13BrN4O. The van der Waals surface area contributed by atoms with Crippen molar-refractivity contribution in [2.75, 3.05) is 13.1 Å². The van der Waals surface area contributed by atoms with E-state index in [1.54, 1.807) is 0 Å². The number of nitrogens with one attached hydrogen (secondary N) is 2. The minimum atomic E-state index is 0.0440. The van der Waals surface area contributed by atoms with E-state index >= 15 is 0 Å². The highest BCUT2D eigenvalue weighted by molar-refractivity contribution is 9.10. The van der Waals surface area contributed by atoms with Gasteiger partial charge in [-0.15, -0.1) is 0 Å². The van der Waals surface area contributed by atoms with Crippen LogP contribution in [0.3, 0.4) is 0 Å². The summed E-state index contributed by atoms with van der Waals surface area (Å²) in [5.74, 6) is 0.0440. The number of amides is 1. The van der Waals surface area contributed by atoms with Gasteiger partial charge in [-0.1, -0.05) is 15.9 Å². The number of hydrogen-bond donors (Lipinski definition) is 2. The van der Waals surface area contributed by atoms with Gasteiger partial charge >= 0.3 is 0 Å². The van der Waals surface area contributed by atoms with Gasteiger partial charge in [-0.05, 0) is 24.6 Å². The van der Waals surface area contributed by atoms with E-state index in [1.165, 1.54) is 0 Å². The van der Waals surface area contributed by atoms with Crippen molar-refractivity contribution in [3.05, 3.63) is 28.4 Å². The van der Waals surface area contributed by atoms with Crippen LogP contribution in [0.15, 0.2) is 22.7 Å². The molecule has 0 unspecified atom stereocenters. The Morgan fingerprint density at radius 3 is 3.11 bits per heavy atom. The number of halogens is 1. The molecule has 2 atom stereocenters. The summed E-state index contributed by atoms with van der Waals surface area (Å²) in [6, 6.07) is 6.61. The van der Waals surface area contributed by atoms with Crippen LogP contribution in [-0.2, 0) is 0 Å². The Morgan fingerprint density at radius 1 is 1.47 bits per heavy atom. The molecule has 6 heteroatoms. The van der Waals surface area contributed by atoms with Gasteiger partial charge in [0.2, 0.25) is 0 Å².